The summed E-state index contributed by atoms with van der Waals surface area (Å²) in [6.45, 7) is 18.3. The third-order valence-corrected chi connectivity index (χ3v) is 18.9. The quantitative estimate of drug-likeness (QED) is 0.168. The molecule has 5 amide bonds. The SMILES string of the molecule is C=C[C@@H]1C[C@]1(NC(=O)[C@@H]1C[C@@]2(CN1C(=O)[C@@H](NC(=O)C(NC(=O)[C@@H]1CCCCN1C(C)C)C1CCCCC1)C1CCOCC1)C(C)(C)C21CCC1)C(=O)NS(=O)(=O)N(CC)CC. The van der Waals surface area contributed by atoms with Crippen molar-refractivity contribution >= 4 is 39.7 Å². The molecule has 0 bridgehead atoms. The predicted octanol–water partition coefficient (Wildman–Crippen LogP) is 3.79. The van der Waals surface area contributed by atoms with E-state index < -0.39 is 51.6 Å². The van der Waals surface area contributed by atoms with E-state index in [0.29, 0.717) is 39.0 Å². The van der Waals surface area contributed by atoms with Crippen molar-refractivity contribution in [3.05, 3.63) is 12.7 Å². The zero-order chi connectivity index (χ0) is 44.8. The highest BCUT2D eigenvalue weighted by Crippen LogP contribution is 2.88. The van der Waals surface area contributed by atoms with Crippen LogP contribution in [0.25, 0.3) is 0 Å². The smallest absolute Gasteiger partial charge is 0.303 e. The summed E-state index contributed by atoms with van der Waals surface area (Å²) in [6, 6.07) is -2.89. The molecular weight excluding hydrogens is 811 g/mol. The molecule has 4 saturated carbocycles. The van der Waals surface area contributed by atoms with Crippen LogP contribution in [0.4, 0.5) is 0 Å². The van der Waals surface area contributed by atoms with Crippen LogP contribution in [0.1, 0.15) is 138 Å². The summed E-state index contributed by atoms with van der Waals surface area (Å²) in [5, 5.41) is 9.43. The van der Waals surface area contributed by atoms with Crippen LogP contribution < -0.4 is 20.7 Å². The van der Waals surface area contributed by atoms with Gasteiger partial charge in [0, 0.05) is 50.2 Å². The van der Waals surface area contributed by atoms with Gasteiger partial charge in [-0.05, 0) is 107 Å². The molecule has 7 rings (SSSR count). The molecule has 7 aliphatic rings. The van der Waals surface area contributed by atoms with E-state index in [-0.39, 0.29) is 77.4 Å². The Hall–Kier alpha value is -3.08. The Labute approximate surface area is 370 Å². The van der Waals surface area contributed by atoms with Crippen molar-refractivity contribution in [1.82, 2.24) is 34.8 Å². The van der Waals surface area contributed by atoms with Crippen molar-refractivity contribution in [2.45, 2.75) is 174 Å². The first-order valence-corrected chi connectivity index (χ1v) is 25.4. The van der Waals surface area contributed by atoms with Gasteiger partial charge in [-0.1, -0.05) is 65.9 Å². The van der Waals surface area contributed by atoms with E-state index in [4.69, 9.17) is 4.74 Å². The molecule has 7 fully saturated rings. The van der Waals surface area contributed by atoms with Gasteiger partial charge in [0.2, 0.25) is 23.6 Å². The fourth-order valence-corrected chi connectivity index (χ4v) is 14.3. The summed E-state index contributed by atoms with van der Waals surface area (Å²) in [6.07, 6.45) is 13.6. The number of amides is 5. The third kappa shape index (κ3) is 8.13. The van der Waals surface area contributed by atoms with Gasteiger partial charge in [-0.3, -0.25) is 28.9 Å². The minimum Gasteiger partial charge on any atom is -0.381 e. The number of carbonyl (C=O) groups excluding carboxylic acids is 5. The van der Waals surface area contributed by atoms with Gasteiger partial charge < -0.3 is 25.6 Å². The van der Waals surface area contributed by atoms with Crippen LogP contribution in [0.2, 0.25) is 0 Å². The van der Waals surface area contributed by atoms with E-state index in [1.807, 2.05) is 0 Å². The van der Waals surface area contributed by atoms with E-state index in [2.05, 4.69) is 59.8 Å². The fourth-order valence-electron chi connectivity index (χ4n) is 13.1. The monoisotopic (exact) mass is 886 g/mol. The maximum atomic E-state index is 15.5. The van der Waals surface area contributed by atoms with Gasteiger partial charge in [0.25, 0.3) is 5.91 Å². The molecule has 0 aromatic heterocycles. The minimum absolute atomic E-state index is 0.0273. The number of fused-ring (bicyclic) bond motifs is 1. The highest BCUT2D eigenvalue weighted by Gasteiger charge is 2.85. The van der Waals surface area contributed by atoms with Gasteiger partial charge in [-0.2, -0.15) is 12.7 Å². The van der Waals surface area contributed by atoms with Gasteiger partial charge in [0.15, 0.2) is 0 Å². The maximum Gasteiger partial charge on any atom is 0.303 e. The minimum atomic E-state index is -4.18. The van der Waals surface area contributed by atoms with Crippen LogP contribution in [0, 0.1) is 34.0 Å². The van der Waals surface area contributed by atoms with E-state index >= 15 is 4.79 Å². The number of rotatable bonds is 16. The highest BCUT2D eigenvalue weighted by atomic mass is 32.2. The second kappa shape index (κ2) is 18.1. The Balaban J connectivity index is 1.18. The van der Waals surface area contributed by atoms with Gasteiger partial charge in [0.1, 0.15) is 23.7 Å². The second-order valence-corrected chi connectivity index (χ2v) is 22.2. The Bertz CT molecular complexity index is 1840. The summed E-state index contributed by atoms with van der Waals surface area (Å²) in [7, 11) is -4.18. The molecule has 348 valence electrons. The molecule has 0 aromatic carbocycles. The number of piperidine rings is 1. The van der Waals surface area contributed by atoms with Gasteiger partial charge >= 0.3 is 10.2 Å². The molecule has 4 aliphatic carbocycles. The molecular formula is C46H75N7O8S. The van der Waals surface area contributed by atoms with Gasteiger partial charge in [0.05, 0.1) is 6.04 Å². The zero-order valence-corrected chi connectivity index (χ0v) is 39.1. The van der Waals surface area contributed by atoms with E-state index in [1.54, 1.807) is 24.8 Å². The number of likely N-dealkylation sites (tertiary alicyclic amines) is 2. The van der Waals surface area contributed by atoms with Crippen LogP contribution in [-0.4, -0.2) is 127 Å². The van der Waals surface area contributed by atoms with E-state index in [0.717, 1.165) is 81.5 Å². The summed E-state index contributed by atoms with van der Waals surface area (Å²) < 4.78 is 35.5. The Kier molecular flexibility index (Phi) is 13.7. The van der Waals surface area contributed by atoms with E-state index in [1.165, 1.54) is 0 Å². The average Bonchev–Trinajstić information content (AvgIpc) is 3.97. The highest BCUT2D eigenvalue weighted by molar-refractivity contribution is 7.87. The van der Waals surface area contributed by atoms with Gasteiger partial charge in [-0.25, -0.2) is 4.72 Å². The lowest BCUT2D eigenvalue weighted by Crippen LogP contribution is -2.63. The molecule has 15 nitrogen and oxygen atoms in total. The molecule has 16 heteroatoms. The molecule has 3 aliphatic heterocycles. The second-order valence-electron chi connectivity index (χ2n) is 20.5. The van der Waals surface area contributed by atoms with Crippen LogP contribution >= 0.6 is 0 Å². The Morgan fingerprint density at radius 3 is 2.02 bits per heavy atom. The van der Waals surface area contributed by atoms with Crippen LogP contribution in [0.3, 0.4) is 0 Å². The summed E-state index contributed by atoms with van der Waals surface area (Å²) in [5.74, 6) is -3.03. The Morgan fingerprint density at radius 1 is 0.806 bits per heavy atom. The van der Waals surface area contributed by atoms with Crippen molar-refractivity contribution in [2.75, 3.05) is 39.4 Å². The van der Waals surface area contributed by atoms with Crippen molar-refractivity contribution in [3.8, 4) is 0 Å². The molecule has 62 heavy (non-hydrogen) atoms. The number of hydrogen-bond acceptors (Lipinski definition) is 9. The number of nitrogens with one attached hydrogen (secondary N) is 4. The largest absolute Gasteiger partial charge is 0.381 e. The van der Waals surface area contributed by atoms with Crippen molar-refractivity contribution in [2.24, 2.45) is 34.0 Å². The molecule has 1 unspecified atom stereocenters. The number of nitrogens with zero attached hydrogens (tertiary/aromatic N) is 3. The van der Waals surface area contributed by atoms with Crippen LogP contribution in [-0.2, 0) is 38.9 Å². The van der Waals surface area contributed by atoms with Crippen molar-refractivity contribution in [1.29, 1.82) is 0 Å². The number of ether oxygens (including phenoxy) is 1. The van der Waals surface area contributed by atoms with Crippen molar-refractivity contribution < 1.29 is 37.1 Å². The standard InChI is InChI=1S/C46H75N7O8S/c1-8-33-27-46(33,42(58)50-62(59,60)51(9-2)10-3)49-39(55)35-28-45(43(6,7)44(45)22-16-23-44)29-53(35)41(57)37(32-20-25-61-26-21-32)48-40(56)36(31-17-12-11-13-18-31)47-38(54)34-19-14-15-24-52(34)30(4)5/h8,30-37H,1,9-29H2,2-7H3,(H,47,54)(H,48,56)(H,49,55)(H,50,58)/t33-,34+,35+,36?,37+,45-,46-/m1/s1. The van der Waals surface area contributed by atoms with Crippen LogP contribution in [0.5, 0.6) is 0 Å². The maximum absolute atomic E-state index is 15.5. The molecule has 0 radical (unpaired) electrons. The predicted molar refractivity (Wildman–Crippen MR) is 235 cm³/mol. The average molecular weight is 886 g/mol. The molecule has 0 aromatic rings. The molecule has 7 atom stereocenters. The van der Waals surface area contributed by atoms with Gasteiger partial charge in [-0.15, -0.1) is 6.58 Å². The summed E-state index contributed by atoms with van der Waals surface area (Å²) >= 11 is 0. The summed E-state index contributed by atoms with van der Waals surface area (Å²) in [4.78, 5) is 77.3. The molecule has 3 heterocycles. The molecule has 2 spiro atoms. The number of hydrogen-bond donors (Lipinski definition) is 4. The summed E-state index contributed by atoms with van der Waals surface area (Å²) in [5.41, 5.74) is -2.07. The Morgan fingerprint density at radius 2 is 1.45 bits per heavy atom. The van der Waals surface area contributed by atoms with E-state index in [9.17, 15) is 27.6 Å². The molecule has 3 saturated heterocycles. The first-order valence-electron chi connectivity index (χ1n) is 24.0. The lowest BCUT2D eigenvalue weighted by atomic mass is 9.73. The fraction of sp³-hybridized carbons (Fsp3) is 0.848. The van der Waals surface area contributed by atoms with Crippen molar-refractivity contribution in [3.63, 3.8) is 0 Å². The lowest BCUT2D eigenvalue weighted by molar-refractivity contribution is -0.145. The first kappa shape index (κ1) is 46.9. The molecule has 4 N–H and O–H groups in total. The normalized spacial score (nSPS) is 31.9. The first-order chi connectivity index (χ1) is 29.4. The zero-order valence-electron chi connectivity index (χ0n) is 38.3. The number of carbonyl (C=O) groups is 5. The third-order valence-electron chi connectivity index (χ3n) is 17.2. The lowest BCUT2D eigenvalue weighted by Gasteiger charge is -2.40. The topological polar surface area (TPSA) is 187 Å². The van der Waals surface area contributed by atoms with Crippen LogP contribution in [0.15, 0.2) is 12.7 Å².